The molecule has 0 saturated heterocycles. The molecule has 2 rings (SSSR count). The summed E-state index contributed by atoms with van der Waals surface area (Å²) in [5.74, 6) is -0.338. The zero-order valence-corrected chi connectivity index (χ0v) is 10.1. The Balaban J connectivity index is 1.86. The molecule has 1 aromatic carbocycles. The van der Waals surface area contributed by atoms with Crippen LogP contribution in [0.3, 0.4) is 0 Å². The van der Waals surface area contributed by atoms with E-state index in [0.717, 1.165) is 11.3 Å². The molecule has 1 heterocycles. The largest absolute Gasteiger partial charge is 0.293 e. The van der Waals surface area contributed by atoms with E-state index in [4.69, 9.17) is 4.84 Å². The van der Waals surface area contributed by atoms with Gasteiger partial charge in [0.1, 0.15) is 5.69 Å². The van der Waals surface area contributed by atoms with Crippen LogP contribution < -0.4 is 5.48 Å². The SMILES string of the molecule is Cc1cccc(C(=O)NOCc2ccccc2)n1. The maximum Gasteiger partial charge on any atom is 0.293 e. The highest BCUT2D eigenvalue weighted by atomic mass is 16.6. The van der Waals surface area contributed by atoms with Gasteiger partial charge in [-0.2, -0.15) is 0 Å². The molecule has 2 aromatic rings. The van der Waals surface area contributed by atoms with Crippen molar-refractivity contribution in [3.05, 3.63) is 65.5 Å². The van der Waals surface area contributed by atoms with Crippen LogP contribution in [0.25, 0.3) is 0 Å². The molecule has 0 radical (unpaired) electrons. The van der Waals surface area contributed by atoms with E-state index < -0.39 is 0 Å². The topological polar surface area (TPSA) is 51.2 Å². The number of amides is 1. The van der Waals surface area contributed by atoms with Crippen LogP contribution in [0.5, 0.6) is 0 Å². The number of nitrogens with zero attached hydrogens (tertiary/aromatic N) is 1. The van der Waals surface area contributed by atoms with Crippen LogP contribution in [0.4, 0.5) is 0 Å². The lowest BCUT2D eigenvalue weighted by molar-refractivity contribution is 0.0229. The van der Waals surface area contributed by atoms with Crippen molar-refractivity contribution in [1.29, 1.82) is 0 Å². The van der Waals surface area contributed by atoms with Gasteiger partial charge in [0.05, 0.1) is 6.61 Å². The number of nitrogens with one attached hydrogen (secondary N) is 1. The first-order valence-electron chi connectivity index (χ1n) is 5.65. The molecule has 0 aliphatic carbocycles. The van der Waals surface area contributed by atoms with E-state index >= 15 is 0 Å². The van der Waals surface area contributed by atoms with Crippen LogP contribution in [-0.4, -0.2) is 10.9 Å². The minimum Gasteiger partial charge on any atom is -0.269 e. The van der Waals surface area contributed by atoms with Crippen LogP contribution in [0.15, 0.2) is 48.5 Å². The number of rotatable bonds is 4. The quantitative estimate of drug-likeness (QED) is 0.837. The van der Waals surface area contributed by atoms with Crippen LogP contribution >= 0.6 is 0 Å². The van der Waals surface area contributed by atoms with Gasteiger partial charge in [0, 0.05) is 5.69 Å². The van der Waals surface area contributed by atoms with Gasteiger partial charge in [-0.15, -0.1) is 0 Å². The summed E-state index contributed by atoms with van der Waals surface area (Å²) in [5.41, 5.74) is 4.52. The van der Waals surface area contributed by atoms with Crippen molar-refractivity contribution in [1.82, 2.24) is 10.5 Å². The van der Waals surface area contributed by atoms with Gasteiger partial charge in [0.2, 0.25) is 0 Å². The Morgan fingerprint density at radius 2 is 1.94 bits per heavy atom. The average Bonchev–Trinajstić information content (AvgIpc) is 2.40. The van der Waals surface area contributed by atoms with E-state index in [1.807, 2.05) is 43.3 Å². The minimum atomic E-state index is -0.338. The molecule has 0 spiro atoms. The fourth-order valence-corrected chi connectivity index (χ4v) is 1.48. The molecule has 0 unspecified atom stereocenters. The molecule has 0 aliphatic rings. The Hall–Kier alpha value is -2.20. The summed E-state index contributed by atoms with van der Waals surface area (Å²) < 4.78 is 0. The second-order valence-corrected chi connectivity index (χ2v) is 3.87. The first-order chi connectivity index (χ1) is 8.75. The first kappa shape index (κ1) is 12.3. The Bertz CT molecular complexity index is 526. The molecule has 0 fully saturated rings. The van der Waals surface area contributed by atoms with E-state index in [-0.39, 0.29) is 5.91 Å². The lowest BCUT2D eigenvalue weighted by Gasteiger charge is -2.05. The fraction of sp³-hybridized carbons (Fsp3) is 0.143. The summed E-state index contributed by atoms with van der Waals surface area (Å²) in [6, 6.07) is 14.9. The third-order valence-corrected chi connectivity index (χ3v) is 2.37. The third-order valence-electron chi connectivity index (χ3n) is 2.37. The number of hydrogen-bond donors (Lipinski definition) is 1. The van der Waals surface area contributed by atoms with E-state index in [0.29, 0.717) is 12.3 Å². The molecule has 1 aromatic heterocycles. The van der Waals surface area contributed by atoms with Gasteiger partial charge in [-0.1, -0.05) is 36.4 Å². The first-order valence-corrected chi connectivity index (χ1v) is 5.65. The zero-order valence-electron chi connectivity index (χ0n) is 10.1. The van der Waals surface area contributed by atoms with Crippen molar-refractivity contribution in [3.8, 4) is 0 Å². The maximum atomic E-state index is 11.7. The van der Waals surface area contributed by atoms with Crippen molar-refractivity contribution in [2.45, 2.75) is 13.5 Å². The second kappa shape index (κ2) is 5.93. The summed E-state index contributed by atoms with van der Waals surface area (Å²) in [6.45, 7) is 2.17. The van der Waals surface area contributed by atoms with Crippen LogP contribution in [0, 0.1) is 6.92 Å². The molecule has 0 saturated carbocycles. The van der Waals surface area contributed by atoms with Crippen molar-refractivity contribution < 1.29 is 9.63 Å². The third kappa shape index (κ3) is 3.40. The number of carbonyl (C=O) groups excluding carboxylic acids is 1. The number of aryl methyl sites for hydroxylation is 1. The smallest absolute Gasteiger partial charge is 0.269 e. The summed E-state index contributed by atoms with van der Waals surface area (Å²) in [6.07, 6.45) is 0. The predicted molar refractivity (Wildman–Crippen MR) is 67.7 cm³/mol. The number of aromatic nitrogens is 1. The molecule has 0 aliphatic heterocycles. The van der Waals surface area contributed by atoms with Gasteiger partial charge in [0.25, 0.3) is 5.91 Å². The Kier molecular flexibility index (Phi) is 4.04. The molecule has 92 valence electrons. The highest BCUT2D eigenvalue weighted by molar-refractivity contribution is 5.91. The van der Waals surface area contributed by atoms with Gasteiger partial charge >= 0.3 is 0 Å². The number of benzene rings is 1. The zero-order chi connectivity index (χ0) is 12.8. The van der Waals surface area contributed by atoms with Crippen molar-refractivity contribution >= 4 is 5.91 Å². The normalized spacial score (nSPS) is 10.1. The standard InChI is InChI=1S/C14H14N2O2/c1-11-6-5-9-13(15-11)14(17)16-18-10-12-7-3-2-4-8-12/h2-9H,10H2,1H3,(H,16,17). The number of pyridine rings is 1. The summed E-state index contributed by atoms with van der Waals surface area (Å²) in [5, 5.41) is 0. The van der Waals surface area contributed by atoms with Gasteiger partial charge in [-0.25, -0.2) is 10.5 Å². The fourth-order valence-electron chi connectivity index (χ4n) is 1.48. The average molecular weight is 242 g/mol. The van der Waals surface area contributed by atoms with Crippen molar-refractivity contribution in [2.24, 2.45) is 0 Å². The van der Waals surface area contributed by atoms with E-state index in [2.05, 4.69) is 10.5 Å². The van der Waals surface area contributed by atoms with Gasteiger partial charge < -0.3 is 0 Å². The van der Waals surface area contributed by atoms with Gasteiger partial charge in [-0.05, 0) is 24.6 Å². The van der Waals surface area contributed by atoms with Crippen LogP contribution in [0.1, 0.15) is 21.7 Å². The van der Waals surface area contributed by atoms with E-state index in [1.54, 1.807) is 12.1 Å². The monoisotopic (exact) mass is 242 g/mol. The van der Waals surface area contributed by atoms with E-state index in [9.17, 15) is 4.79 Å². The molecular formula is C14H14N2O2. The van der Waals surface area contributed by atoms with Gasteiger partial charge in [-0.3, -0.25) is 9.63 Å². The lowest BCUT2D eigenvalue weighted by atomic mass is 10.2. The number of hydroxylamine groups is 1. The molecular weight excluding hydrogens is 228 g/mol. The second-order valence-electron chi connectivity index (χ2n) is 3.87. The molecule has 4 nitrogen and oxygen atoms in total. The Labute approximate surface area is 106 Å². The van der Waals surface area contributed by atoms with Crippen LogP contribution in [-0.2, 0) is 11.4 Å². The summed E-state index contributed by atoms with van der Waals surface area (Å²) >= 11 is 0. The molecule has 1 N–H and O–H groups in total. The minimum absolute atomic E-state index is 0.332. The van der Waals surface area contributed by atoms with Crippen molar-refractivity contribution in [3.63, 3.8) is 0 Å². The predicted octanol–water partition coefficient (Wildman–Crippen LogP) is 2.25. The summed E-state index contributed by atoms with van der Waals surface area (Å²) in [4.78, 5) is 20.9. The molecule has 1 amide bonds. The van der Waals surface area contributed by atoms with Crippen molar-refractivity contribution in [2.75, 3.05) is 0 Å². The van der Waals surface area contributed by atoms with Gasteiger partial charge in [0.15, 0.2) is 0 Å². The summed E-state index contributed by atoms with van der Waals surface area (Å²) in [7, 11) is 0. The molecule has 18 heavy (non-hydrogen) atoms. The number of hydrogen-bond acceptors (Lipinski definition) is 3. The molecule has 0 bridgehead atoms. The molecule has 0 atom stereocenters. The lowest BCUT2D eigenvalue weighted by Crippen LogP contribution is -2.24. The molecule has 4 heteroatoms. The Morgan fingerprint density at radius 3 is 2.67 bits per heavy atom. The highest BCUT2D eigenvalue weighted by Crippen LogP contribution is 2.01. The maximum absolute atomic E-state index is 11.7. The van der Waals surface area contributed by atoms with Crippen LogP contribution in [0.2, 0.25) is 0 Å². The number of carbonyl (C=O) groups is 1. The van der Waals surface area contributed by atoms with E-state index in [1.165, 1.54) is 0 Å². The Morgan fingerprint density at radius 1 is 1.17 bits per heavy atom. The highest BCUT2D eigenvalue weighted by Gasteiger charge is 2.06.